The van der Waals surface area contributed by atoms with Crippen LogP contribution in [-0.2, 0) is 6.42 Å². The van der Waals surface area contributed by atoms with Crippen molar-refractivity contribution in [1.82, 2.24) is 5.32 Å². The Morgan fingerprint density at radius 3 is 2.58 bits per heavy atom. The Balaban J connectivity index is 2.30. The molecule has 2 aromatic carbocycles. The van der Waals surface area contributed by atoms with Crippen molar-refractivity contribution in [3.63, 3.8) is 0 Å². The Hall–Kier alpha value is -1.38. The molecular formula is C16H17ClFN. The van der Waals surface area contributed by atoms with Gasteiger partial charge in [0.1, 0.15) is 5.82 Å². The summed E-state index contributed by atoms with van der Waals surface area (Å²) in [5.41, 5.74) is 3.25. The summed E-state index contributed by atoms with van der Waals surface area (Å²) in [6.07, 6.45) is 0.665. The van der Waals surface area contributed by atoms with Crippen LogP contribution in [-0.4, -0.2) is 7.05 Å². The third-order valence-corrected chi connectivity index (χ3v) is 3.79. The van der Waals surface area contributed by atoms with E-state index in [9.17, 15) is 4.39 Å². The number of nitrogens with one attached hydrogen (secondary N) is 1. The molecule has 0 saturated heterocycles. The number of halogens is 2. The molecule has 19 heavy (non-hydrogen) atoms. The molecule has 2 aromatic rings. The van der Waals surface area contributed by atoms with Crippen LogP contribution in [0.25, 0.3) is 0 Å². The molecule has 0 spiro atoms. The maximum absolute atomic E-state index is 13.5. The largest absolute Gasteiger partial charge is 0.313 e. The molecule has 0 fully saturated rings. The highest BCUT2D eigenvalue weighted by atomic mass is 35.5. The first kappa shape index (κ1) is 14.0. The Bertz CT molecular complexity index is 568. The van der Waals surface area contributed by atoms with Gasteiger partial charge in [-0.2, -0.15) is 0 Å². The topological polar surface area (TPSA) is 12.0 Å². The minimum absolute atomic E-state index is 0.125. The molecule has 3 heteroatoms. The molecule has 0 aromatic heterocycles. The third kappa shape index (κ3) is 3.14. The quantitative estimate of drug-likeness (QED) is 0.879. The molecule has 0 bridgehead atoms. The van der Waals surface area contributed by atoms with Gasteiger partial charge >= 0.3 is 0 Å². The second kappa shape index (κ2) is 6.18. The van der Waals surface area contributed by atoms with Crippen LogP contribution in [0.5, 0.6) is 0 Å². The van der Waals surface area contributed by atoms with Gasteiger partial charge < -0.3 is 5.32 Å². The molecule has 2 rings (SSSR count). The first-order valence-electron chi connectivity index (χ1n) is 6.29. The minimum atomic E-state index is -0.362. The smallest absolute Gasteiger partial charge is 0.142 e. The van der Waals surface area contributed by atoms with E-state index in [4.69, 9.17) is 11.6 Å². The lowest BCUT2D eigenvalue weighted by Gasteiger charge is -2.19. The van der Waals surface area contributed by atoms with Gasteiger partial charge in [-0.15, -0.1) is 0 Å². The molecule has 1 nitrogen and oxygen atoms in total. The van der Waals surface area contributed by atoms with Crippen molar-refractivity contribution in [3.05, 3.63) is 70.0 Å². The van der Waals surface area contributed by atoms with Gasteiger partial charge in [-0.3, -0.25) is 0 Å². The molecule has 0 heterocycles. The number of aryl methyl sites for hydroxylation is 1. The van der Waals surface area contributed by atoms with Crippen molar-refractivity contribution in [2.24, 2.45) is 0 Å². The van der Waals surface area contributed by atoms with E-state index >= 15 is 0 Å². The number of benzene rings is 2. The third-order valence-electron chi connectivity index (χ3n) is 3.37. The average Bonchev–Trinajstić information content (AvgIpc) is 2.41. The zero-order valence-electron chi connectivity index (χ0n) is 11.1. The van der Waals surface area contributed by atoms with Gasteiger partial charge in [0.25, 0.3) is 0 Å². The lowest BCUT2D eigenvalue weighted by atomic mass is 9.95. The number of likely N-dealkylation sites (N-methyl/N-ethyl adjacent to an activating group) is 1. The molecule has 0 saturated carbocycles. The van der Waals surface area contributed by atoms with Crippen molar-refractivity contribution in [1.29, 1.82) is 0 Å². The van der Waals surface area contributed by atoms with Crippen LogP contribution < -0.4 is 5.32 Å². The highest BCUT2D eigenvalue weighted by Gasteiger charge is 2.15. The Morgan fingerprint density at radius 2 is 1.89 bits per heavy atom. The second-order valence-electron chi connectivity index (χ2n) is 4.61. The van der Waals surface area contributed by atoms with Gasteiger partial charge in [-0.25, -0.2) is 4.39 Å². The summed E-state index contributed by atoms with van der Waals surface area (Å²) in [4.78, 5) is 0. The molecule has 100 valence electrons. The lowest BCUT2D eigenvalue weighted by Crippen LogP contribution is -2.20. The van der Waals surface area contributed by atoms with Crippen LogP contribution >= 0.6 is 11.6 Å². The summed E-state index contributed by atoms with van der Waals surface area (Å²) < 4.78 is 13.5. The van der Waals surface area contributed by atoms with Crippen LogP contribution in [0.1, 0.15) is 22.7 Å². The molecule has 0 aliphatic heterocycles. The zero-order chi connectivity index (χ0) is 13.8. The maximum atomic E-state index is 13.5. The van der Waals surface area contributed by atoms with E-state index in [0.29, 0.717) is 6.42 Å². The fourth-order valence-corrected chi connectivity index (χ4v) is 2.47. The number of hydrogen-bond donors (Lipinski definition) is 1. The molecular weight excluding hydrogens is 261 g/mol. The standard InChI is InChI=1S/C16H17ClFN/c1-11-6-3-4-8-13(11)15(19-2)10-12-7-5-9-14(18)16(12)17/h3-9,15,19H,10H2,1-2H3. The normalized spacial score (nSPS) is 12.4. The van der Waals surface area contributed by atoms with E-state index in [0.717, 1.165) is 5.56 Å². The molecule has 1 unspecified atom stereocenters. The van der Waals surface area contributed by atoms with Gasteiger partial charge in [-0.1, -0.05) is 48.0 Å². The van der Waals surface area contributed by atoms with Gasteiger partial charge in [0, 0.05) is 6.04 Å². The summed E-state index contributed by atoms with van der Waals surface area (Å²) in [6, 6.07) is 13.3. The fraction of sp³-hybridized carbons (Fsp3) is 0.250. The minimum Gasteiger partial charge on any atom is -0.313 e. The number of rotatable bonds is 4. The van der Waals surface area contributed by atoms with Crippen molar-refractivity contribution in [3.8, 4) is 0 Å². The fourth-order valence-electron chi connectivity index (χ4n) is 2.27. The predicted molar refractivity (Wildman–Crippen MR) is 78.1 cm³/mol. The summed E-state index contributed by atoms with van der Waals surface area (Å²) in [5, 5.41) is 3.49. The van der Waals surface area contributed by atoms with Gasteiger partial charge in [0.05, 0.1) is 5.02 Å². The van der Waals surface area contributed by atoms with Crippen LogP contribution in [0.3, 0.4) is 0 Å². The van der Waals surface area contributed by atoms with E-state index in [2.05, 4.69) is 24.4 Å². The lowest BCUT2D eigenvalue weighted by molar-refractivity contribution is 0.582. The van der Waals surface area contributed by atoms with Crippen LogP contribution in [0, 0.1) is 12.7 Å². The van der Waals surface area contributed by atoms with E-state index in [1.165, 1.54) is 17.2 Å². The van der Waals surface area contributed by atoms with Crippen molar-refractivity contribution in [2.75, 3.05) is 7.05 Å². The van der Waals surface area contributed by atoms with E-state index in [1.54, 1.807) is 6.07 Å². The molecule has 0 radical (unpaired) electrons. The zero-order valence-corrected chi connectivity index (χ0v) is 11.8. The maximum Gasteiger partial charge on any atom is 0.142 e. The van der Waals surface area contributed by atoms with Crippen LogP contribution in [0.2, 0.25) is 5.02 Å². The SMILES string of the molecule is CNC(Cc1cccc(F)c1Cl)c1ccccc1C. The summed E-state index contributed by atoms with van der Waals surface area (Å²) in [6.45, 7) is 2.08. The second-order valence-corrected chi connectivity index (χ2v) is 4.99. The summed E-state index contributed by atoms with van der Waals surface area (Å²) in [7, 11) is 1.91. The van der Waals surface area contributed by atoms with E-state index in [1.807, 2.05) is 25.2 Å². The molecule has 0 aliphatic carbocycles. The molecule has 0 amide bonds. The van der Waals surface area contributed by atoms with Gasteiger partial charge in [0.2, 0.25) is 0 Å². The van der Waals surface area contributed by atoms with E-state index < -0.39 is 0 Å². The van der Waals surface area contributed by atoms with Gasteiger partial charge in [0.15, 0.2) is 0 Å². The Kier molecular flexibility index (Phi) is 4.56. The summed E-state index contributed by atoms with van der Waals surface area (Å²) >= 11 is 6.02. The Morgan fingerprint density at radius 1 is 1.16 bits per heavy atom. The first-order valence-corrected chi connectivity index (χ1v) is 6.67. The monoisotopic (exact) mass is 277 g/mol. The highest BCUT2D eigenvalue weighted by Crippen LogP contribution is 2.26. The van der Waals surface area contributed by atoms with Gasteiger partial charge in [-0.05, 0) is 43.1 Å². The van der Waals surface area contributed by atoms with Crippen molar-refractivity contribution < 1.29 is 4.39 Å². The van der Waals surface area contributed by atoms with Crippen molar-refractivity contribution >= 4 is 11.6 Å². The molecule has 0 aliphatic rings. The number of hydrogen-bond acceptors (Lipinski definition) is 1. The highest BCUT2D eigenvalue weighted by molar-refractivity contribution is 6.31. The Labute approximate surface area is 118 Å². The average molecular weight is 278 g/mol. The molecule has 1 N–H and O–H groups in total. The van der Waals surface area contributed by atoms with Crippen LogP contribution in [0.4, 0.5) is 4.39 Å². The van der Waals surface area contributed by atoms with Crippen LogP contribution in [0.15, 0.2) is 42.5 Å². The first-order chi connectivity index (χ1) is 9.13. The van der Waals surface area contributed by atoms with E-state index in [-0.39, 0.29) is 16.9 Å². The molecule has 1 atom stereocenters. The summed E-state index contributed by atoms with van der Waals surface area (Å²) in [5.74, 6) is -0.362. The predicted octanol–water partition coefficient (Wildman–Crippen LogP) is 4.29. The van der Waals surface area contributed by atoms with Crippen molar-refractivity contribution in [2.45, 2.75) is 19.4 Å².